The van der Waals surface area contributed by atoms with Gasteiger partial charge in [-0.3, -0.25) is 9.59 Å². The second kappa shape index (κ2) is 6.19. The molecule has 0 bridgehead atoms. The molecule has 4 aliphatic carbocycles. The monoisotopic (exact) mass is 388 g/mol. The topological polar surface area (TPSA) is 101 Å². The van der Waals surface area contributed by atoms with E-state index in [4.69, 9.17) is 0 Å². The summed E-state index contributed by atoms with van der Waals surface area (Å²) in [4.78, 5) is 37.5. The van der Waals surface area contributed by atoms with Crippen LogP contribution < -0.4 is 0 Å². The Morgan fingerprint density at radius 3 is 2.50 bits per heavy atom. The molecule has 0 saturated heterocycles. The van der Waals surface area contributed by atoms with Gasteiger partial charge in [0.25, 0.3) is 0 Å². The minimum Gasteiger partial charge on any atom is -0.504 e. The lowest BCUT2D eigenvalue weighted by Crippen LogP contribution is -2.54. The van der Waals surface area contributed by atoms with Crippen LogP contribution in [0.2, 0.25) is 0 Å². The Kier molecular flexibility index (Phi) is 4.25. The average molecular weight is 388 g/mol. The normalized spacial score (nSPS) is 42.2. The van der Waals surface area contributed by atoms with Gasteiger partial charge in [0.2, 0.25) is 17.3 Å². The molecule has 0 unspecified atom stereocenters. The van der Waals surface area contributed by atoms with Crippen LogP contribution >= 0.6 is 0 Å². The van der Waals surface area contributed by atoms with Crippen LogP contribution in [0, 0.1) is 34.5 Å². The highest BCUT2D eigenvalue weighted by Crippen LogP contribution is 2.66. The number of fused-ring (bicyclic) bond motifs is 5. The number of hydrogen-bond acceptors (Lipinski definition) is 6. The second-order valence-corrected chi connectivity index (χ2v) is 9.38. The number of rotatable bonds is 2. The molecule has 0 aromatic heterocycles. The third-order valence-electron chi connectivity index (χ3n) is 8.54. The summed E-state index contributed by atoms with van der Waals surface area (Å²) < 4.78 is 4.68. The molecule has 4 rings (SSSR count). The van der Waals surface area contributed by atoms with Gasteiger partial charge in [-0.25, -0.2) is 4.79 Å². The maximum absolute atomic E-state index is 13.0. The Balaban J connectivity index is 1.67. The van der Waals surface area contributed by atoms with Crippen LogP contribution in [0.5, 0.6) is 0 Å². The van der Waals surface area contributed by atoms with Gasteiger partial charge in [0.15, 0.2) is 5.76 Å². The van der Waals surface area contributed by atoms with Crippen LogP contribution in [-0.4, -0.2) is 34.9 Å². The zero-order valence-corrected chi connectivity index (χ0v) is 16.7. The van der Waals surface area contributed by atoms with E-state index in [-0.39, 0.29) is 40.6 Å². The SMILES string of the molecule is COC(=O)C(=O)[C@H]1CC[C@H]2[C@@H]3CCC4=CC(O)=C(O)C(=O)[C@]4(C)[C@H]3CC[C@]12C. The van der Waals surface area contributed by atoms with Crippen molar-refractivity contribution in [1.82, 2.24) is 0 Å². The molecule has 0 spiro atoms. The summed E-state index contributed by atoms with van der Waals surface area (Å²) >= 11 is 0. The molecule has 0 radical (unpaired) electrons. The largest absolute Gasteiger partial charge is 0.504 e. The summed E-state index contributed by atoms with van der Waals surface area (Å²) in [7, 11) is 1.24. The molecule has 3 fully saturated rings. The van der Waals surface area contributed by atoms with E-state index in [0.717, 1.165) is 31.3 Å². The zero-order valence-electron chi connectivity index (χ0n) is 16.7. The molecule has 0 heterocycles. The van der Waals surface area contributed by atoms with E-state index in [0.29, 0.717) is 12.8 Å². The van der Waals surface area contributed by atoms with Gasteiger partial charge in [-0.1, -0.05) is 12.5 Å². The standard InChI is InChI=1S/C22H28O6/c1-21-9-8-14-12(13(21)6-7-15(21)17(24)20(27)28-3)5-4-11-10-16(23)18(25)19(26)22(11,14)2/h10,12-15,23,25H,4-9H2,1-3H3/t12-,13-,14-,15+,21-,22-/m0/s1. The Morgan fingerprint density at radius 1 is 1.11 bits per heavy atom. The first kappa shape index (κ1) is 19.2. The van der Waals surface area contributed by atoms with Crippen LogP contribution in [0.4, 0.5) is 0 Å². The van der Waals surface area contributed by atoms with Gasteiger partial charge >= 0.3 is 5.97 Å². The molecule has 28 heavy (non-hydrogen) atoms. The number of aliphatic hydroxyl groups excluding tert-OH is 2. The van der Waals surface area contributed by atoms with Crippen LogP contribution in [0.25, 0.3) is 0 Å². The zero-order chi connectivity index (χ0) is 20.4. The number of hydrogen-bond donors (Lipinski definition) is 2. The Morgan fingerprint density at radius 2 is 1.82 bits per heavy atom. The van der Waals surface area contributed by atoms with E-state index in [1.165, 1.54) is 7.11 Å². The van der Waals surface area contributed by atoms with E-state index in [1.54, 1.807) is 6.08 Å². The molecule has 3 saturated carbocycles. The number of ketones is 2. The second-order valence-electron chi connectivity index (χ2n) is 9.38. The molecule has 0 aliphatic heterocycles. The van der Waals surface area contributed by atoms with Gasteiger partial charge in [0, 0.05) is 5.92 Å². The number of esters is 1. The van der Waals surface area contributed by atoms with Crippen molar-refractivity contribution in [1.29, 1.82) is 0 Å². The lowest BCUT2D eigenvalue weighted by Gasteiger charge is -2.56. The quantitative estimate of drug-likeness (QED) is 0.555. The van der Waals surface area contributed by atoms with E-state index in [9.17, 15) is 24.6 Å². The highest BCUT2D eigenvalue weighted by molar-refractivity contribution is 6.34. The molecule has 6 heteroatoms. The summed E-state index contributed by atoms with van der Waals surface area (Å²) in [5.41, 5.74) is -0.162. The Bertz CT molecular complexity index is 823. The minimum atomic E-state index is -0.801. The molecular weight excluding hydrogens is 360 g/mol. The van der Waals surface area contributed by atoms with E-state index >= 15 is 0 Å². The molecule has 6 atom stereocenters. The molecular formula is C22H28O6. The van der Waals surface area contributed by atoms with Gasteiger partial charge in [-0.15, -0.1) is 0 Å². The first-order valence-electron chi connectivity index (χ1n) is 10.2. The Hall–Kier alpha value is -2.11. The predicted molar refractivity (Wildman–Crippen MR) is 100 cm³/mol. The summed E-state index contributed by atoms with van der Waals surface area (Å²) in [6.45, 7) is 4.02. The fourth-order valence-corrected chi connectivity index (χ4v) is 7.03. The molecule has 2 N–H and O–H groups in total. The lowest BCUT2D eigenvalue weighted by molar-refractivity contribution is -0.157. The lowest BCUT2D eigenvalue weighted by atomic mass is 9.46. The van der Waals surface area contributed by atoms with Gasteiger partial charge in [-0.05, 0) is 74.7 Å². The molecule has 0 aromatic rings. The van der Waals surface area contributed by atoms with Crippen molar-refractivity contribution >= 4 is 17.5 Å². The van der Waals surface area contributed by atoms with Crippen molar-refractivity contribution in [3.8, 4) is 0 Å². The van der Waals surface area contributed by atoms with Crippen molar-refractivity contribution < 1.29 is 29.3 Å². The fourth-order valence-electron chi connectivity index (χ4n) is 7.03. The molecule has 4 aliphatic rings. The summed E-state index contributed by atoms with van der Waals surface area (Å²) in [5.74, 6) is -2.18. The average Bonchev–Trinajstić information content (AvgIpc) is 3.03. The molecule has 0 aromatic carbocycles. The van der Waals surface area contributed by atoms with E-state index < -0.39 is 22.9 Å². The van der Waals surface area contributed by atoms with Crippen molar-refractivity contribution in [2.24, 2.45) is 34.5 Å². The third kappa shape index (κ3) is 2.29. The fraction of sp³-hybridized carbons (Fsp3) is 0.682. The van der Waals surface area contributed by atoms with Crippen LogP contribution in [0.1, 0.15) is 52.4 Å². The number of ether oxygens (including phenoxy) is 1. The van der Waals surface area contributed by atoms with E-state index in [1.807, 2.05) is 6.92 Å². The summed E-state index contributed by atoms with van der Waals surface area (Å²) in [5, 5.41) is 20.0. The smallest absolute Gasteiger partial charge is 0.374 e. The highest BCUT2D eigenvalue weighted by atomic mass is 16.5. The van der Waals surface area contributed by atoms with Crippen molar-refractivity contribution in [3.63, 3.8) is 0 Å². The first-order chi connectivity index (χ1) is 13.2. The number of allylic oxidation sites excluding steroid dienone is 3. The number of aliphatic hydroxyl groups is 2. The van der Waals surface area contributed by atoms with Crippen LogP contribution in [0.15, 0.2) is 23.2 Å². The number of Topliss-reactive ketones (excluding diaryl/α,β-unsaturated/α-hetero) is 2. The predicted octanol–water partition coefficient (Wildman–Crippen LogP) is 3.42. The van der Waals surface area contributed by atoms with Gasteiger partial charge in [0.1, 0.15) is 0 Å². The van der Waals surface area contributed by atoms with Gasteiger partial charge < -0.3 is 14.9 Å². The molecule has 152 valence electrons. The van der Waals surface area contributed by atoms with E-state index in [2.05, 4.69) is 11.7 Å². The minimum absolute atomic E-state index is 0.0697. The maximum Gasteiger partial charge on any atom is 0.374 e. The highest BCUT2D eigenvalue weighted by Gasteiger charge is 2.62. The molecule has 6 nitrogen and oxygen atoms in total. The Labute approximate surface area is 164 Å². The summed E-state index contributed by atoms with van der Waals surface area (Å²) in [6.07, 6.45) is 6.23. The van der Waals surface area contributed by atoms with Crippen molar-refractivity contribution in [2.45, 2.75) is 52.4 Å². The number of carbonyl (C=O) groups excluding carboxylic acids is 3. The molecule has 0 amide bonds. The third-order valence-corrected chi connectivity index (χ3v) is 8.54. The van der Waals surface area contributed by atoms with Crippen molar-refractivity contribution in [2.75, 3.05) is 7.11 Å². The van der Waals surface area contributed by atoms with Crippen LogP contribution in [0.3, 0.4) is 0 Å². The summed E-state index contributed by atoms with van der Waals surface area (Å²) in [6, 6.07) is 0. The van der Waals surface area contributed by atoms with Crippen molar-refractivity contribution in [3.05, 3.63) is 23.2 Å². The van der Waals surface area contributed by atoms with Crippen LogP contribution in [-0.2, 0) is 19.1 Å². The number of methoxy groups -OCH3 is 1. The van der Waals surface area contributed by atoms with Gasteiger partial charge in [-0.2, -0.15) is 0 Å². The maximum atomic E-state index is 13.0. The first-order valence-corrected chi connectivity index (χ1v) is 10.2. The number of carbonyl (C=O) groups is 3. The van der Waals surface area contributed by atoms with Gasteiger partial charge in [0.05, 0.1) is 12.5 Å².